The second-order valence-electron chi connectivity index (χ2n) is 3.00. The first kappa shape index (κ1) is 11.2. The van der Waals surface area contributed by atoms with Crippen molar-refractivity contribution >= 4 is 11.7 Å². The van der Waals surface area contributed by atoms with E-state index in [2.05, 4.69) is 11.9 Å². The number of hydrogen-bond acceptors (Lipinski definition) is 2. The van der Waals surface area contributed by atoms with Crippen molar-refractivity contribution in [2.75, 3.05) is 11.9 Å². The molecule has 15 heavy (non-hydrogen) atoms. The highest BCUT2D eigenvalue weighted by Gasteiger charge is 2.07. The smallest absolute Gasteiger partial charge is 0.335 e. The molecule has 0 aliphatic carbocycles. The lowest BCUT2D eigenvalue weighted by Crippen LogP contribution is -2.04. The number of anilines is 1. The number of nitrogens with one attached hydrogen (secondary N) is 1. The molecule has 0 aromatic heterocycles. The molecule has 1 aromatic carbocycles. The summed E-state index contributed by atoms with van der Waals surface area (Å²) in [6.45, 7) is 4.12. The van der Waals surface area contributed by atoms with Crippen molar-refractivity contribution in [2.24, 2.45) is 0 Å². The summed E-state index contributed by atoms with van der Waals surface area (Å²) in [5.74, 6) is -1.69. The number of carbonyl (C=O) groups is 1. The monoisotopic (exact) mass is 209 g/mol. The minimum absolute atomic E-state index is 0.0539. The van der Waals surface area contributed by atoms with Crippen LogP contribution in [0.5, 0.6) is 0 Å². The van der Waals surface area contributed by atoms with E-state index < -0.39 is 11.8 Å². The van der Waals surface area contributed by atoms with Crippen LogP contribution < -0.4 is 5.32 Å². The van der Waals surface area contributed by atoms with Gasteiger partial charge >= 0.3 is 5.97 Å². The Morgan fingerprint density at radius 3 is 2.87 bits per heavy atom. The number of hydrogen-bond donors (Lipinski definition) is 2. The zero-order valence-electron chi connectivity index (χ0n) is 8.16. The van der Waals surface area contributed by atoms with E-state index in [-0.39, 0.29) is 5.56 Å². The highest BCUT2D eigenvalue weighted by molar-refractivity contribution is 5.88. The molecule has 0 heterocycles. The highest BCUT2D eigenvalue weighted by Crippen LogP contribution is 2.15. The SMILES string of the molecule is C=CCCNc1ccc(C(=O)O)cc1F. The fourth-order valence-corrected chi connectivity index (χ4v) is 1.10. The van der Waals surface area contributed by atoms with Gasteiger partial charge in [0, 0.05) is 6.54 Å². The Labute approximate surface area is 87.2 Å². The molecule has 0 atom stereocenters. The van der Waals surface area contributed by atoms with Gasteiger partial charge in [0.25, 0.3) is 0 Å². The molecule has 0 saturated carbocycles. The molecule has 0 spiro atoms. The molecule has 80 valence electrons. The Balaban J connectivity index is 2.74. The lowest BCUT2D eigenvalue weighted by molar-refractivity contribution is 0.0696. The average Bonchev–Trinajstić information content (AvgIpc) is 2.20. The number of benzene rings is 1. The van der Waals surface area contributed by atoms with Gasteiger partial charge in [0.1, 0.15) is 5.82 Å². The molecular formula is C11H12FNO2. The van der Waals surface area contributed by atoms with Gasteiger partial charge in [-0.1, -0.05) is 6.08 Å². The van der Waals surface area contributed by atoms with Crippen molar-refractivity contribution in [1.29, 1.82) is 0 Å². The lowest BCUT2D eigenvalue weighted by Gasteiger charge is -2.06. The summed E-state index contributed by atoms with van der Waals surface area (Å²) >= 11 is 0. The third-order valence-electron chi connectivity index (χ3n) is 1.88. The quantitative estimate of drug-likeness (QED) is 0.578. The molecule has 0 fully saturated rings. The van der Waals surface area contributed by atoms with E-state index in [1.807, 2.05) is 0 Å². The van der Waals surface area contributed by atoms with E-state index in [0.29, 0.717) is 12.2 Å². The first-order valence-electron chi connectivity index (χ1n) is 4.52. The van der Waals surface area contributed by atoms with Crippen LogP contribution in [-0.2, 0) is 0 Å². The standard InChI is InChI=1S/C11H12FNO2/c1-2-3-6-13-10-5-4-8(11(14)15)7-9(10)12/h2,4-5,7,13H,1,3,6H2,(H,14,15). The molecular weight excluding hydrogens is 197 g/mol. The summed E-state index contributed by atoms with van der Waals surface area (Å²) in [4.78, 5) is 10.5. The van der Waals surface area contributed by atoms with Crippen LogP contribution in [0, 0.1) is 5.82 Å². The summed E-state index contributed by atoms with van der Waals surface area (Å²) in [7, 11) is 0. The Hall–Kier alpha value is -1.84. The summed E-state index contributed by atoms with van der Waals surface area (Å²) in [5, 5.41) is 11.5. The first-order valence-corrected chi connectivity index (χ1v) is 4.52. The topological polar surface area (TPSA) is 49.3 Å². The van der Waals surface area contributed by atoms with E-state index in [0.717, 1.165) is 12.5 Å². The van der Waals surface area contributed by atoms with Crippen LogP contribution in [0.15, 0.2) is 30.9 Å². The van der Waals surface area contributed by atoms with Gasteiger partial charge in [-0.05, 0) is 24.6 Å². The first-order chi connectivity index (χ1) is 7.15. The Bertz CT molecular complexity index is 377. The molecule has 0 aliphatic rings. The maximum atomic E-state index is 13.3. The number of aromatic carboxylic acids is 1. The predicted molar refractivity (Wildman–Crippen MR) is 56.7 cm³/mol. The van der Waals surface area contributed by atoms with Gasteiger partial charge in [-0.2, -0.15) is 0 Å². The van der Waals surface area contributed by atoms with E-state index in [9.17, 15) is 9.18 Å². The fourth-order valence-electron chi connectivity index (χ4n) is 1.10. The minimum atomic E-state index is -1.13. The number of rotatable bonds is 5. The second-order valence-corrected chi connectivity index (χ2v) is 3.00. The van der Waals surface area contributed by atoms with E-state index in [1.54, 1.807) is 6.08 Å². The van der Waals surface area contributed by atoms with Gasteiger partial charge in [-0.25, -0.2) is 9.18 Å². The van der Waals surface area contributed by atoms with Crippen LogP contribution in [0.4, 0.5) is 10.1 Å². The van der Waals surface area contributed by atoms with E-state index >= 15 is 0 Å². The van der Waals surface area contributed by atoms with Crippen molar-refractivity contribution in [3.63, 3.8) is 0 Å². The zero-order valence-corrected chi connectivity index (χ0v) is 8.16. The summed E-state index contributed by atoms with van der Waals surface area (Å²) in [5.41, 5.74) is 0.253. The number of halogens is 1. The minimum Gasteiger partial charge on any atom is -0.478 e. The predicted octanol–water partition coefficient (Wildman–Crippen LogP) is 2.51. The third-order valence-corrected chi connectivity index (χ3v) is 1.88. The molecule has 4 heteroatoms. The van der Waals surface area contributed by atoms with Gasteiger partial charge < -0.3 is 10.4 Å². The lowest BCUT2D eigenvalue weighted by atomic mass is 10.2. The summed E-state index contributed by atoms with van der Waals surface area (Å²) < 4.78 is 13.3. The van der Waals surface area contributed by atoms with Crippen molar-refractivity contribution in [1.82, 2.24) is 0 Å². The molecule has 0 radical (unpaired) electrons. The number of carboxylic acid groups (broad SMARTS) is 1. The van der Waals surface area contributed by atoms with Gasteiger partial charge in [-0.3, -0.25) is 0 Å². The molecule has 0 bridgehead atoms. The molecule has 0 amide bonds. The Kier molecular flexibility index (Phi) is 3.85. The average molecular weight is 209 g/mol. The number of carboxylic acids is 1. The van der Waals surface area contributed by atoms with Crippen LogP contribution in [0.25, 0.3) is 0 Å². The van der Waals surface area contributed by atoms with Crippen molar-refractivity contribution in [2.45, 2.75) is 6.42 Å². The normalized spacial score (nSPS) is 9.67. The third kappa shape index (κ3) is 3.09. The van der Waals surface area contributed by atoms with Gasteiger partial charge in [-0.15, -0.1) is 6.58 Å². The molecule has 3 nitrogen and oxygen atoms in total. The Morgan fingerprint density at radius 1 is 1.60 bits per heavy atom. The van der Waals surface area contributed by atoms with Crippen LogP contribution in [0.3, 0.4) is 0 Å². The van der Waals surface area contributed by atoms with Crippen molar-refractivity contribution in [3.05, 3.63) is 42.2 Å². The van der Waals surface area contributed by atoms with Crippen LogP contribution in [0.2, 0.25) is 0 Å². The molecule has 0 saturated heterocycles. The maximum absolute atomic E-state index is 13.3. The maximum Gasteiger partial charge on any atom is 0.335 e. The van der Waals surface area contributed by atoms with E-state index in [1.165, 1.54) is 12.1 Å². The zero-order chi connectivity index (χ0) is 11.3. The largest absolute Gasteiger partial charge is 0.478 e. The highest BCUT2D eigenvalue weighted by atomic mass is 19.1. The van der Waals surface area contributed by atoms with Crippen LogP contribution in [-0.4, -0.2) is 17.6 Å². The summed E-state index contributed by atoms with van der Waals surface area (Å²) in [6, 6.07) is 3.78. The van der Waals surface area contributed by atoms with E-state index in [4.69, 9.17) is 5.11 Å². The molecule has 0 aliphatic heterocycles. The van der Waals surface area contributed by atoms with Gasteiger partial charge in [0.2, 0.25) is 0 Å². The van der Waals surface area contributed by atoms with Gasteiger partial charge in [0.05, 0.1) is 11.3 Å². The van der Waals surface area contributed by atoms with Gasteiger partial charge in [0.15, 0.2) is 0 Å². The van der Waals surface area contributed by atoms with Crippen molar-refractivity contribution in [3.8, 4) is 0 Å². The molecule has 2 N–H and O–H groups in total. The summed E-state index contributed by atoms with van der Waals surface area (Å²) in [6.07, 6.45) is 2.44. The second kappa shape index (κ2) is 5.14. The molecule has 0 unspecified atom stereocenters. The molecule has 1 rings (SSSR count). The van der Waals surface area contributed by atoms with Crippen LogP contribution in [0.1, 0.15) is 16.8 Å². The fraction of sp³-hybridized carbons (Fsp3) is 0.182. The Morgan fingerprint density at radius 2 is 2.33 bits per heavy atom. The molecule has 1 aromatic rings. The van der Waals surface area contributed by atoms with Crippen LogP contribution >= 0.6 is 0 Å². The van der Waals surface area contributed by atoms with Crippen molar-refractivity contribution < 1.29 is 14.3 Å².